The van der Waals surface area contributed by atoms with Gasteiger partial charge in [0, 0.05) is 11.7 Å². The summed E-state index contributed by atoms with van der Waals surface area (Å²) >= 11 is 1.63. The molecule has 3 heterocycles. The molecule has 5 nitrogen and oxygen atoms in total. The van der Waals surface area contributed by atoms with Crippen molar-refractivity contribution in [1.29, 1.82) is 0 Å². The van der Waals surface area contributed by atoms with Crippen LogP contribution in [-0.4, -0.2) is 28.0 Å². The lowest BCUT2D eigenvalue weighted by molar-refractivity contribution is -0.128. The molecule has 0 bridgehead atoms. The van der Waals surface area contributed by atoms with Crippen LogP contribution < -0.4 is 10.2 Å². The molecule has 0 radical (unpaired) electrons. The predicted octanol–water partition coefficient (Wildman–Crippen LogP) is 5.68. The second kappa shape index (κ2) is 8.01. The SMILES string of the molecule is Cc1cccc(N2C(=O)c3cc4sccc4n3C[C@]2(C)C(=O)N[C@@H]2CCC[C@H](C)[C@@H]2C)c1C. The Morgan fingerprint density at radius 3 is 2.76 bits per heavy atom. The Morgan fingerprint density at radius 2 is 1.97 bits per heavy atom. The highest BCUT2D eigenvalue weighted by Gasteiger charge is 2.50. The summed E-state index contributed by atoms with van der Waals surface area (Å²) in [6.45, 7) is 11.0. The third-order valence-electron chi connectivity index (χ3n) is 8.23. The zero-order chi connectivity index (χ0) is 23.5. The maximum atomic E-state index is 14.1. The van der Waals surface area contributed by atoms with Crippen LogP contribution in [0, 0.1) is 25.7 Å². The quantitative estimate of drug-likeness (QED) is 0.543. The molecule has 1 fully saturated rings. The molecule has 1 aliphatic heterocycles. The number of rotatable bonds is 3. The fraction of sp³-hybridized carbons (Fsp3) is 0.481. The molecular weight excluding hydrogens is 430 g/mol. The topological polar surface area (TPSA) is 54.3 Å². The number of fused-ring (bicyclic) bond motifs is 3. The molecule has 6 heteroatoms. The maximum Gasteiger partial charge on any atom is 0.275 e. The van der Waals surface area contributed by atoms with E-state index in [0.29, 0.717) is 24.1 Å². The number of aromatic nitrogens is 1. The number of anilines is 1. The van der Waals surface area contributed by atoms with Crippen LogP contribution in [0.25, 0.3) is 10.2 Å². The number of thiophene rings is 1. The number of carbonyl (C=O) groups excluding carboxylic acids is 2. The van der Waals surface area contributed by atoms with Crippen molar-refractivity contribution in [2.45, 2.75) is 72.0 Å². The minimum atomic E-state index is -1.03. The normalized spacial score (nSPS) is 27.6. The highest BCUT2D eigenvalue weighted by atomic mass is 32.1. The van der Waals surface area contributed by atoms with E-state index in [1.54, 1.807) is 16.2 Å². The Labute approximate surface area is 199 Å². The molecule has 5 rings (SSSR count). The molecule has 2 amide bonds. The summed E-state index contributed by atoms with van der Waals surface area (Å²) in [5, 5.41) is 5.43. The van der Waals surface area contributed by atoms with Crippen LogP contribution in [-0.2, 0) is 11.3 Å². The smallest absolute Gasteiger partial charge is 0.275 e. The molecule has 33 heavy (non-hydrogen) atoms. The first-order valence-electron chi connectivity index (χ1n) is 12.0. The molecule has 1 saturated carbocycles. The number of hydrogen-bond acceptors (Lipinski definition) is 3. The molecule has 1 aliphatic carbocycles. The second-order valence-electron chi connectivity index (χ2n) is 10.3. The monoisotopic (exact) mass is 463 g/mol. The van der Waals surface area contributed by atoms with Gasteiger partial charge in [-0.05, 0) is 73.7 Å². The summed E-state index contributed by atoms with van der Waals surface area (Å²) in [6.07, 6.45) is 3.33. The molecule has 2 aromatic heterocycles. The lowest BCUT2D eigenvalue weighted by Crippen LogP contribution is -2.66. The summed E-state index contributed by atoms with van der Waals surface area (Å²) in [7, 11) is 0. The maximum absolute atomic E-state index is 14.1. The largest absolute Gasteiger partial charge is 0.351 e. The summed E-state index contributed by atoms with van der Waals surface area (Å²) in [5.41, 5.74) is 3.62. The van der Waals surface area contributed by atoms with Crippen LogP contribution in [0.3, 0.4) is 0 Å². The Morgan fingerprint density at radius 1 is 1.18 bits per heavy atom. The summed E-state index contributed by atoms with van der Waals surface area (Å²) in [5.74, 6) is 0.832. The lowest BCUT2D eigenvalue weighted by atomic mass is 9.77. The van der Waals surface area contributed by atoms with Crippen molar-refractivity contribution in [3.05, 3.63) is 52.5 Å². The van der Waals surface area contributed by atoms with Crippen molar-refractivity contribution in [2.75, 3.05) is 4.90 Å². The van der Waals surface area contributed by atoms with Crippen LogP contribution in [0.1, 0.15) is 61.6 Å². The number of hydrogen-bond donors (Lipinski definition) is 1. The zero-order valence-electron chi connectivity index (χ0n) is 20.1. The van der Waals surface area contributed by atoms with Crippen molar-refractivity contribution < 1.29 is 9.59 Å². The molecular formula is C27H33N3O2S. The Balaban J connectivity index is 1.61. The van der Waals surface area contributed by atoms with Crippen LogP contribution in [0.15, 0.2) is 35.7 Å². The summed E-state index contributed by atoms with van der Waals surface area (Å²) < 4.78 is 3.13. The number of aryl methyl sites for hydroxylation is 1. The fourth-order valence-electron chi connectivity index (χ4n) is 5.68. The minimum absolute atomic E-state index is 0.0644. The highest BCUT2D eigenvalue weighted by molar-refractivity contribution is 7.17. The number of benzene rings is 1. The standard InChI is InChI=1S/C27H33N3O2S/c1-16-8-6-10-20(18(16)3)28-26(32)27(5)15-29-22-12-13-33-24(22)14-23(29)25(31)30(27)21-11-7-9-17(2)19(21)4/h7,9,11-14,16,18,20H,6,8,10,15H2,1-5H3,(H,28,32)/t16-,18-,20+,27+/m0/s1. The first-order chi connectivity index (χ1) is 15.7. The molecule has 0 unspecified atom stereocenters. The Bertz CT molecular complexity index is 1240. The molecule has 4 atom stereocenters. The molecule has 174 valence electrons. The Kier molecular flexibility index (Phi) is 5.39. The van der Waals surface area contributed by atoms with Gasteiger partial charge < -0.3 is 9.88 Å². The van der Waals surface area contributed by atoms with Gasteiger partial charge in [0.25, 0.3) is 5.91 Å². The van der Waals surface area contributed by atoms with Crippen molar-refractivity contribution in [2.24, 2.45) is 11.8 Å². The number of nitrogens with zero attached hydrogens (tertiary/aromatic N) is 2. The van der Waals surface area contributed by atoms with E-state index >= 15 is 0 Å². The van der Waals surface area contributed by atoms with Gasteiger partial charge in [-0.25, -0.2) is 0 Å². The highest BCUT2D eigenvalue weighted by Crippen LogP contribution is 2.39. The van der Waals surface area contributed by atoms with Crippen LogP contribution in [0.5, 0.6) is 0 Å². The third-order valence-corrected chi connectivity index (χ3v) is 9.09. The first kappa shape index (κ1) is 22.2. The van der Waals surface area contributed by atoms with Gasteiger partial charge in [0.2, 0.25) is 5.91 Å². The van der Waals surface area contributed by atoms with E-state index in [1.807, 2.05) is 48.1 Å². The first-order valence-corrected chi connectivity index (χ1v) is 12.9. The van der Waals surface area contributed by atoms with Crippen LogP contribution >= 0.6 is 11.3 Å². The molecule has 2 aliphatic rings. The average molecular weight is 464 g/mol. The van der Waals surface area contributed by atoms with Gasteiger partial charge in [0.05, 0.1) is 16.8 Å². The van der Waals surface area contributed by atoms with E-state index < -0.39 is 5.54 Å². The van der Waals surface area contributed by atoms with E-state index in [0.717, 1.165) is 39.9 Å². The minimum Gasteiger partial charge on any atom is -0.351 e. The Hall–Kier alpha value is -2.60. The third kappa shape index (κ3) is 3.41. The van der Waals surface area contributed by atoms with Crippen LogP contribution in [0.4, 0.5) is 5.69 Å². The van der Waals surface area contributed by atoms with E-state index in [2.05, 4.69) is 32.2 Å². The van der Waals surface area contributed by atoms with Crippen molar-refractivity contribution in [3.8, 4) is 0 Å². The van der Waals surface area contributed by atoms with Gasteiger partial charge in [0.1, 0.15) is 11.2 Å². The second-order valence-corrected chi connectivity index (χ2v) is 11.2. The van der Waals surface area contributed by atoms with Crippen molar-refractivity contribution in [1.82, 2.24) is 9.88 Å². The van der Waals surface area contributed by atoms with Gasteiger partial charge in [-0.2, -0.15) is 0 Å². The number of amides is 2. The molecule has 0 spiro atoms. The molecule has 0 saturated heterocycles. The number of carbonyl (C=O) groups is 2. The zero-order valence-corrected chi connectivity index (χ0v) is 21.0. The van der Waals surface area contributed by atoms with Gasteiger partial charge in [0.15, 0.2) is 0 Å². The predicted molar refractivity (Wildman–Crippen MR) is 135 cm³/mol. The van der Waals surface area contributed by atoms with E-state index in [1.165, 1.54) is 6.42 Å². The van der Waals surface area contributed by atoms with E-state index in [-0.39, 0.29) is 17.9 Å². The van der Waals surface area contributed by atoms with Crippen molar-refractivity contribution >= 4 is 39.1 Å². The lowest BCUT2D eigenvalue weighted by Gasteiger charge is -2.46. The molecule has 1 aromatic carbocycles. The van der Waals surface area contributed by atoms with E-state index in [4.69, 9.17) is 0 Å². The number of nitrogens with one attached hydrogen (secondary N) is 1. The fourth-order valence-corrected chi connectivity index (χ4v) is 6.50. The molecule has 3 aromatic rings. The van der Waals surface area contributed by atoms with Gasteiger partial charge in [-0.15, -0.1) is 11.3 Å². The van der Waals surface area contributed by atoms with E-state index in [9.17, 15) is 9.59 Å². The summed E-state index contributed by atoms with van der Waals surface area (Å²) in [6, 6.07) is 10.2. The summed E-state index contributed by atoms with van der Waals surface area (Å²) in [4.78, 5) is 29.8. The van der Waals surface area contributed by atoms with Crippen molar-refractivity contribution in [3.63, 3.8) is 0 Å². The van der Waals surface area contributed by atoms with Gasteiger partial charge in [-0.1, -0.05) is 38.8 Å². The average Bonchev–Trinajstić information content (AvgIpc) is 3.37. The molecule has 1 N–H and O–H groups in total. The van der Waals surface area contributed by atoms with Gasteiger partial charge >= 0.3 is 0 Å². The van der Waals surface area contributed by atoms with Gasteiger partial charge in [-0.3, -0.25) is 14.5 Å². The van der Waals surface area contributed by atoms with Crippen LogP contribution in [0.2, 0.25) is 0 Å².